The summed E-state index contributed by atoms with van der Waals surface area (Å²) >= 11 is 0. The number of rotatable bonds is 7. The van der Waals surface area contributed by atoms with E-state index >= 15 is 0 Å². The molecule has 0 aromatic rings. The molecule has 2 saturated carbocycles. The molecule has 4 unspecified atom stereocenters. The molecule has 0 bridgehead atoms. The second-order valence-corrected chi connectivity index (χ2v) is 9.35. The van der Waals surface area contributed by atoms with Gasteiger partial charge in [-0.3, -0.25) is 0 Å². The molecule has 2 N–H and O–H groups in total. The minimum Gasteiger partial charge on any atom is -0.330 e. The van der Waals surface area contributed by atoms with Gasteiger partial charge in [0, 0.05) is 0 Å². The molecule has 0 aromatic heterocycles. The van der Waals surface area contributed by atoms with Gasteiger partial charge in [0.05, 0.1) is 0 Å². The highest BCUT2D eigenvalue weighted by atomic mass is 14.5. The van der Waals surface area contributed by atoms with Crippen LogP contribution in [0.1, 0.15) is 91.9 Å². The number of nitrogens with two attached hydrogens (primary N) is 1. The maximum atomic E-state index is 5.86. The molecule has 22 heavy (non-hydrogen) atoms. The largest absolute Gasteiger partial charge is 0.330 e. The summed E-state index contributed by atoms with van der Waals surface area (Å²) in [5.74, 6) is 4.79. The normalized spacial score (nSPS) is 38.9. The molecule has 2 aliphatic rings. The predicted molar refractivity (Wildman–Crippen MR) is 97.8 cm³/mol. The summed E-state index contributed by atoms with van der Waals surface area (Å²) < 4.78 is 0. The van der Waals surface area contributed by atoms with Gasteiger partial charge in [-0.25, -0.2) is 0 Å². The highest BCUT2D eigenvalue weighted by Crippen LogP contribution is 2.48. The van der Waals surface area contributed by atoms with Crippen LogP contribution in [0.2, 0.25) is 0 Å². The van der Waals surface area contributed by atoms with Crippen molar-refractivity contribution >= 4 is 0 Å². The van der Waals surface area contributed by atoms with E-state index in [9.17, 15) is 0 Å². The van der Waals surface area contributed by atoms with Gasteiger partial charge in [-0.1, -0.05) is 53.4 Å². The summed E-state index contributed by atoms with van der Waals surface area (Å²) in [6.45, 7) is 10.8. The van der Waals surface area contributed by atoms with Crippen LogP contribution in [0.4, 0.5) is 0 Å². The van der Waals surface area contributed by atoms with Crippen LogP contribution >= 0.6 is 0 Å². The average molecular weight is 308 g/mol. The third-order valence-electron chi connectivity index (χ3n) is 7.23. The van der Waals surface area contributed by atoms with E-state index in [1.165, 1.54) is 64.2 Å². The van der Waals surface area contributed by atoms with Gasteiger partial charge in [0.1, 0.15) is 0 Å². The molecule has 0 aromatic carbocycles. The maximum Gasteiger partial charge on any atom is -0.00746 e. The summed E-state index contributed by atoms with van der Waals surface area (Å²) in [4.78, 5) is 0. The first-order valence-electron chi connectivity index (χ1n) is 10.2. The van der Waals surface area contributed by atoms with E-state index < -0.39 is 0 Å². The Morgan fingerprint density at radius 2 is 1.73 bits per heavy atom. The van der Waals surface area contributed by atoms with E-state index in [-0.39, 0.29) is 0 Å². The Balaban J connectivity index is 1.92. The molecular formula is C21H41N. The topological polar surface area (TPSA) is 26.0 Å². The van der Waals surface area contributed by atoms with Crippen molar-refractivity contribution in [2.45, 2.75) is 91.9 Å². The Morgan fingerprint density at radius 3 is 2.27 bits per heavy atom. The lowest BCUT2D eigenvalue weighted by molar-refractivity contribution is 0.0868. The van der Waals surface area contributed by atoms with Crippen LogP contribution in [0.3, 0.4) is 0 Å². The summed E-state index contributed by atoms with van der Waals surface area (Å²) in [6, 6.07) is 0. The van der Waals surface area contributed by atoms with Crippen LogP contribution in [0.15, 0.2) is 0 Å². The highest BCUT2D eigenvalue weighted by Gasteiger charge is 2.36. The average Bonchev–Trinajstić information content (AvgIpc) is 2.65. The van der Waals surface area contributed by atoms with E-state index in [0.29, 0.717) is 5.41 Å². The third-order valence-corrected chi connectivity index (χ3v) is 7.23. The first kappa shape index (κ1) is 18.3. The van der Waals surface area contributed by atoms with Gasteiger partial charge >= 0.3 is 0 Å². The van der Waals surface area contributed by atoms with Crippen molar-refractivity contribution in [3.05, 3.63) is 0 Å². The molecule has 130 valence electrons. The highest BCUT2D eigenvalue weighted by molar-refractivity contribution is 4.87. The molecular weight excluding hydrogens is 266 g/mol. The summed E-state index contributed by atoms with van der Waals surface area (Å²) in [7, 11) is 0. The molecule has 2 rings (SSSR count). The van der Waals surface area contributed by atoms with E-state index in [1.807, 2.05) is 0 Å². The van der Waals surface area contributed by atoms with E-state index in [2.05, 4.69) is 27.7 Å². The SMILES string of the molecule is CCC(C)(CC1CCC(C)CC(CCN)C1)C[C@H]1CC[C@@H]1C. The Bertz CT molecular complexity index is 326. The number of hydrogen-bond donors (Lipinski definition) is 1. The van der Waals surface area contributed by atoms with Gasteiger partial charge in [-0.05, 0) is 80.1 Å². The fraction of sp³-hybridized carbons (Fsp3) is 1.00. The summed E-state index contributed by atoms with van der Waals surface area (Å²) in [5.41, 5.74) is 6.45. The van der Waals surface area contributed by atoms with Crippen molar-refractivity contribution in [2.24, 2.45) is 40.7 Å². The first-order valence-corrected chi connectivity index (χ1v) is 10.2. The van der Waals surface area contributed by atoms with Crippen molar-refractivity contribution in [2.75, 3.05) is 6.54 Å². The summed E-state index contributed by atoms with van der Waals surface area (Å²) in [6.07, 6.45) is 14.3. The van der Waals surface area contributed by atoms with Crippen LogP contribution in [0.5, 0.6) is 0 Å². The van der Waals surface area contributed by atoms with Crippen LogP contribution in [0.25, 0.3) is 0 Å². The smallest absolute Gasteiger partial charge is 0.00746 e. The molecule has 0 saturated heterocycles. The van der Waals surface area contributed by atoms with Gasteiger partial charge in [-0.2, -0.15) is 0 Å². The van der Waals surface area contributed by atoms with Gasteiger partial charge < -0.3 is 5.73 Å². The second kappa shape index (κ2) is 8.18. The molecule has 0 aliphatic heterocycles. The van der Waals surface area contributed by atoms with Gasteiger partial charge in [-0.15, -0.1) is 0 Å². The monoisotopic (exact) mass is 307 g/mol. The minimum atomic E-state index is 0.588. The molecule has 0 amide bonds. The quantitative estimate of drug-likeness (QED) is 0.572. The fourth-order valence-electron chi connectivity index (χ4n) is 5.29. The molecule has 2 aliphatic carbocycles. The lowest BCUT2D eigenvalue weighted by atomic mass is 9.63. The fourth-order valence-corrected chi connectivity index (χ4v) is 5.29. The molecule has 1 heteroatoms. The van der Waals surface area contributed by atoms with Crippen molar-refractivity contribution < 1.29 is 0 Å². The van der Waals surface area contributed by atoms with Gasteiger partial charge in [0.15, 0.2) is 0 Å². The first-order chi connectivity index (χ1) is 10.5. The molecule has 2 fully saturated rings. The van der Waals surface area contributed by atoms with Gasteiger partial charge in [0.2, 0.25) is 0 Å². The Morgan fingerprint density at radius 1 is 0.955 bits per heavy atom. The molecule has 6 atom stereocenters. The molecule has 0 spiro atoms. The Labute approximate surface area is 139 Å². The van der Waals surface area contributed by atoms with Crippen LogP contribution < -0.4 is 5.73 Å². The van der Waals surface area contributed by atoms with E-state index in [0.717, 1.165) is 36.1 Å². The minimum absolute atomic E-state index is 0.588. The van der Waals surface area contributed by atoms with Crippen molar-refractivity contribution in [3.63, 3.8) is 0 Å². The zero-order chi connectivity index (χ0) is 16.2. The van der Waals surface area contributed by atoms with E-state index in [1.54, 1.807) is 0 Å². The van der Waals surface area contributed by atoms with Crippen molar-refractivity contribution in [1.82, 2.24) is 0 Å². The van der Waals surface area contributed by atoms with Crippen molar-refractivity contribution in [1.29, 1.82) is 0 Å². The number of hydrogen-bond acceptors (Lipinski definition) is 1. The summed E-state index contributed by atoms with van der Waals surface area (Å²) in [5, 5.41) is 0. The lowest BCUT2D eigenvalue weighted by Gasteiger charge is -2.42. The van der Waals surface area contributed by atoms with Crippen LogP contribution in [-0.2, 0) is 0 Å². The Hall–Kier alpha value is -0.0400. The van der Waals surface area contributed by atoms with Crippen LogP contribution in [0, 0.1) is 35.0 Å². The second-order valence-electron chi connectivity index (χ2n) is 9.35. The van der Waals surface area contributed by atoms with Crippen LogP contribution in [-0.4, -0.2) is 6.54 Å². The molecule has 0 heterocycles. The third kappa shape index (κ3) is 4.98. The maximum absolute atomic E-state index is 5.86. The molecule has 1 nitrogen and oxygen atoms in total. The standard InChI is InChI=1S/C21H41N/c1-5-21(4,15-20-9-7-17(20)3)14-19-8-6-16(2)12-18(13-19)10-11-22/h16-20H,5-15,22H2,1-4H3/t16?,17-,18?,19?,20+,21?/m0/s1. The van der Waals surface area contributed by atoms with Crippen molar-refractivity contribution in [3.8, 4) is 0 Å². The van der Waals surface area contributed by atoms with Gasteiger partial charge in [0.25, 0.3) is 0 Å². The predicted octanol–water partition coefficient (Wildman–Crippen LogP) is 6.02. The Kier molecular flexibility index (Phi) is 6.80. The zero-order valence-corrected chi connectivity index (χ0v) is 15.7. The zero-order valence-electron chi connectivity index (χ0n) is 15.7. The lowest BCUT2D eigenvalue weighted by Crippen LogP contribution is -2.31. The van der Waals surface area contributed by atoms with E-state index in [4.69, 9.17) is 5.73 Å². The molecule has 0 radical (unpaired) electrons.